The molecule has 0 fully saturated rings. The smallest absolute Gasteiger partial charge is 0.335 e. The Bertz CT molecular complexity index is 617. The number of hydrogen-bond donors (Lipinski definition) is 2. The molecule has 2 N–H and O–H groups in total. The fourth-order valence-electron chi connectivity index (χ4n) is 1.78. The second-order valence-corrected chi connectivity index (χ2v) is 4.45. The summed E-state index contributed by atoms with van der Waals surface area (Å²) >= 11 is 0. The molecule has 0 radical (unpaired) electrons. The number of ether oxygens (including phenoxy) is 1. The number of nitrogens with one attached hydrogen (secondary N) is 1. The molecule has 0 aliphatic rings. The van der Waals surface area contributed by atoms with Crippen molar-refractivity contribution < 1.29 is 14.6 Å². The minimum atomic E-state index is -0.960. The lowest BCUT2D eigenvalue weighted by atomic mass is 10.2. The lowest BCUT2D eigenvalue weighted by Crippen LogP contribution is -2.21. The maximum absolute atomic E-state index is 10.8. The van der Waals surface area contributed by atoms with E-state index in [1.165, 1.54) is 12.1 Å². The highest BCUT2D eigenvalue weighted by Gasteiger charge is 2.03. The van der Waals surface area contributed by atoms with Gasteiger partial charge in [-0.3, -0.25) is 0 Å². The van der Waals surface area contributed by atoms with E-state index in [2.05, 4.69) is 15.3 Å². The molecule has 0 aliphatic carbocycles. The molecule has 6 nitrogen and oxygen atoms in total. The Morgan fingerprint density at radius 1 is 1.38 bits per heavy atom. The summed E-state index contributed by atoms with van der Waals surface area (Å²) in [7, 11) is 0. The Morgan fingerprint density at radius 3 is 3.00 bits per heavy atom. The summed E-state index contributed by atoms with van der Waals surface area (Å²) < 4.78 is 5.50. The van der Waals surface area contributed by atoms with Crippen LogP contribution in [0.1, 0.15) is 21.9 Å². The molecule has 6 heteroatoms. The summed E-state index contributed by atoms with van der Waals surface area (Å²) in [5.74, 6) is 0.336. The van der Waals surface area contributed by atoms with Crippen LogP contribution in [0.2, 0.25) is 0 Å². The van der Waals surface area contributed by atoms with Crippen LogP contribution in [0, 0.1) is 6.92 Å². The predicted octanol–water partition coefficient (Wildman–Crippen LogP) is 1.65. The van der Waals surface area contributed by atoms with Crippen LogP contribution >= 0.6 is 0 Å². The van der Waals surface area contributed by atoms with Crippen molar-refractivity contribution in [2.75, 3.05) is 13.2 Å². The first-order chi connectivity index (χ1) is 10.1. The summed E-state index contributed by atoms with van der Waals surface area (Å²) in [6.07, 6.45) is 1.73. The van der Waals surface area contributed by atoms with Crippen molar-refractivity contribution in [3.8, 4) is 5.75 Å². The number of nitrogens with zero attached hydrogens (tertiary/aromatic N) is 2. The van der Waals surface area contributed by atoms with E-state index in [0.717, 1.165) is 11.5 Å². The molecule has 0 amide bonds. The largest absolute Gasteiger partial charge is 0.492 e. The molecule has 110 valence electrons. The zero-order chi connectivity index (χ0) is 15.1. The summed E-state index contributed by atoms with van der Waals surface area (Å²) in [5.41, 5.74) is 1.15. The molecule has 0 atom stereocenters. The van der Waals surface area contributed by atoms with Gasteiger partial charge < -0.3 is 15.2 Å². The van der Waals surface area contributed by atoms with Gasteiger partial charge in [-0.2, -0.15) is 0 Å². The number of aromatic carboxylic acids is 1. The van der Waals surface area contributed by atoms with E-state index in [1.807, 2.05) is 13.0 Å². The molecule has 2 rings (SSSR count). The number of rotatable bonds is 7. The maximum atomic E-state index is 10.8. The van der Waals surface area contributed by atoms with Crippen molar-refractivity contribution in [1.29, 1.82) is 0 Å². The Balaban J connectivity index is 1.72. The molecule has 0 spiro atoms. The number of aryl methyl sites for hydroxylation is 1. The van der Waals surface area contributed by atoms with Crippen molar-refractivity contribution in [3.63, 3.8) is 0 Å². The highest BCUT2D eigenvalue weighted by atomic mass is 16.5. The van der Waals surface area contributed by atoms with Crippen molar-refractivity contribution in [2.45, 2.75) is 13.5 Å². The monoisotopic (exact) mass is 287 g/mol. The van der Waals surface area contributed by atoms with Crippen molar-refractivity contribution in [3.05, 3.63) is 53.6 Å². The molecule has 1 aromatic carbocycles. The number of hydrogen-bond acceptors (Lipinski definition) is 5. The molecule has 1 aromatic heterocycles. The Labute approximate surface area is 122 Å². The van der Waals surface area contributed by atoms with Gasteiger partial charge in [0.2, 0.25) is 0 Å². The molecule has 21 heavy (non-hydrogen) atoms. The fraction of sp³-hybridized carbons (Fsp3) is 0.267. The summed E-state index contributed by atoms with van der Waals surface area (Å²) in [6.45, 7) is 3.58. The SMILES string of the molecule is Cc1nccc(CNCCOc2cccc(C(=O)O)c2)n1. The second kappa shape index (κ2) is 7.35. The highest BCUT2D eigenvalue weighted by Crippen LogP contribution is 2.12. The van der Waals surface area contributed by atoms with Crippen molar-refractivity contribution in [2.24, 2.45) is 0 Å². The highest BCUT2D eigenvalue weighted by molar-refractivity contribution is 5.87. The van der Waals surface area contributed by atoms with E-state index >= 15 is 0 Å². The molecule has 0 saturated heterocycles. The van der Waals surface area contributed by atoms with Gasteiger partial charge in [-0.25, -0.2) is 14.8 Å². The summed E-state index contributed by atoms with van der Waals surface area (Å²) in [4.78, 5) is 19.1. The zero-order valence-corrected chi connectivity index (χ0v) is 11.7. The van der Waals surface area contributed by atoms with Crippen LogP contribution in [0.15, 0.2) is 36.5 Å². The lowest BCUT2D eigenvalue weighted by molar-refractivity contribution is 0.0696. The number of carboxylic acid groups (broad SMARTS) is 1. The van der Waals surface area contributed by atoms with E-state index in [1.54, 1.807) is 18.3 Å². The van der Waals surface area contributed by atoms with Gasteiger partial charge in [0.15, 0.2) is 0 Å². The first-order valence-corrected chi connectivity index (χ1v) is 6.60. The van der Waals surface area contributed by atoms with Crippen LogP contribution in [0.5, 0.6) is 5.75 Å². The van der Waals surface area contributed by atoms with Crippen molar-refractivity contribution >= 4 is 5.97 Å². The third-order valence-corrected chi connectivity index (χ3v) is 2.77. The molecule has 0 saturated carbocycles. The Kier molecular flexibility index (Phi) is 5.22. The van der Waals surface area contributed by atoms with E-state index in [-0.39, 0.29) is 5.56 Å². The molecule has 0 unspecified atom stereocenters. The third-order valence-electron chi connectivity index (χ3n) is 2.77. The van der Waals surface area contributed by atoms with Crippen LogP contribution in [-0.2, 0) is 6.54 Å². The zero-order valence-electron chi connectivity index (χ0n) is 11.7. The Morgan fingerprint density at radius 2 is 2.24 bits per heavy atom. The average molecular weight is 287 g/mol. The Hall–Kier alpha value is -2.47. The van der Waals surface area contributed by atoms with Gasteiger partial charge in [0, 0.05) is 19.3 Å². The summed E-state index contributed by atoms with van der Waals surface area (Å²) in [6, 6.07) is 8.30. The van der Waals surface area contributed by atoms with Crippen LogP contribution in [0.3, 0.4) is 0 Å². The molecule has 2 aromatic rings. The van der Waals surface area contributed by atoms with Gasteiger partial charge in [0.25, 0.3) is 0 Å². The van der Waals surface area contributed by atoms with Gasteiger partial charge in [-0.1, -0.05) is 6.07 Å². The van der Waals surface area contributed by atoms with Crippen LogP contribution in [-0.4, -0.2) is 34.2 Å². The molecule has 0 bridgehead atoms. The predicted molar refractivity (Wildman–Crippen MR) is 77.4 cm³/mol. The first-order valence-electron chi connectivity index (χ1n) is 6.60. The number of carboxylic acids is 1. The van der Waals surface area contributed by atoms with Gasteiger partial charge in [0.05, 0.1) is 11.3 Å². The van der Waals surface area contributed by atoms with Gasteiger partial charge >= 0.3 is 5.97 Å². The van der Waals surface area contributed by atoms with Crippen LogP contribution < -0.4 is 10.1 Å². The van der Waals surface area contributed by atoms with Crippen LogP contribution in [0.25, 0.3) is 0 Å². The summed E-state index contributed by atoms with van der Waals surface area (Å²) in [5, 5.41) is 12.1. The lowest BCUT2D eigenvalue weighted by Gasteiger charge is -2.08. The minimum absolute atomic E-state index is 0.219. The van der Waals surface area contributed by atoms with Gasteiger partial charge in [-0.15, -0.1) is 0 Å². The fourth-order valence-corrected chi connectivity index (χ4v) is 1.78. The average Bonchev–Trinajstić information content (AvgIpc) is 2.47. The molecule has 0 aliphatic heterocycles. The quantitative estimate of drug-likeness (QED) is 0.753. The first kappa shape index (κ1) is 14.9. The molecular weight excluding hydrogens is 270 g/mol. The standard InChI is InChI=1S/C15H17N3O3/c1-11-17-6-5-13(18-11)10-16-7-8-21-14-4-2-3-12(9-14)15(19)20/h2-6,9,16H,7-8,10H2,1H3,(H,19,20). The third kappa shape index (κ3) is 4.85. The molecule has 1 heterocycles. The molecular formula is C15H17N3O3. The number of aromatic nitrogens is 2. The number of carbonyl (C=O) groups is 1. The number of benzene rings is 1. The second-order valence-electron chi connectivity index (χ2n) is 4.45. The normalized spacial score (nSPS) is 10.3. The topological polar surface area (TPSA) is 84.3 Å². The van der Waals surface area contributed by atoms with Crippen molar-refractivity contribution in [1.82, 2.24) is 15.3 Å². The maximum Gasteiger partial charge on any atom is 0.335 e. The van der Waals surface area contributed by atoms with Crippen LogP contribution in [0.4, 0.5) is 0 Å². The van der Waals surface area contributed by atoms with Gasteiger partial charge in [0.1, 0.15) is 18.2 Å². The van der Waals surface area contributed by atoms with E-state index in [4.69, 9.17) is 9.84 Å². The van der Waals surface area contributed by atoms with E-state index in [0.29, 0.717) is 25.4 Å². The minimum Gasteiger partial charge on any atom is -0.492 e. The van der Waals surface area contributed by atoms with E-state index in [9.17, 15) is 4.79 Å². The van der Waals surface area contributed by atoms with Gasteiger partial charge in [-0.05, 0) is 31.2 Å². The van der Waals surface area contributed by atoms with E-state index < -0.39 is 5.97 Å².